The van der Waals surface area contributed by atoms with Gasteiger partial charge in [0, 0.05) is 56.9 Å². The number of aromatic amines is 1. The Bertz CT molecular complexity index is 981. The van der Waals surface area contributed by atoms with Gasteiger partial charge in [0.15, 0.2) is 5.96 Å². The van der Waals surface area contributed by atoms with Crippen LogP contribution in [-0.4, -0.2) is 55.7 Å². The molecule has 0 radical (unpaired) electrons. The van der Waals surface area contributed by atoms with E-state index in [2.05, 4.69) is 80.2 Å². The molecule has 3 aromatic rings. The van der Waals surface area contributed by atoms with Crippen LogP contribution in [0.25, 0.3) is 10.9 Å². The van der Waals surface area contributed by atoms with Crippen LogP contribution < -0.4 is 10.6 Å². The molecule has 2 heterocycles. The second-order valence-electron chi connectivity index (χ2n) is 7.67. The Morgan fingerprint density at radius 2 is 1.87 bits per heavy atom. The smallest absolute Gasteiger partial charge is 0.191 e. The molecule has 3 N–H and O–H groups in total. The van der Waals surface area contributed by atoms with Gasteiger partial charge in [-0.2, -0.15) is 0 Å². The molecule has 6 nitrogen and oxygen atoms in total. The highest BCUT2D eigenvalue weighted by atomic mass is 127. The van der Waals surface area contributed by atoms with Crippen molar-refractivity contribution in [2.45, 2.75) is 19.5 Å². The van der Waals surface area contributed by atoms with Gasteiger partial charge in [0.25, 0.3) is 0 Å². The predicted molar refractivity (Wildman–Crippen MR) is 138 cm³/mol. The molecule has 7 heteroatoms. The van der Waals surface area contributed by atoms with Crippen LogP contribution in [0.15, 0.2) is 59.7 Å². The first-order valence-electron chi connectivity index (χ1n) is 10.7. The SMILES string of the molecule is CN=C(NCCc1c[nH]c2ccccc12)NCc1cccc(CN2CCOCC2)c1.I. The van der Waals surface area contributed by atoms with E-state index in [9.17, 15) is 0 Å². The number of hydrogen-bond donors (Lipinski definition) is 3. The van der Waals surface area contributed by atoms with Crippen molar-refractivity contribution in [2.75, 3.05) is 39.9 Å². The molecule has 31 heavy (non-hydrogen) atoms. The summed E-state index contributed by atoms with van der Waals surface area (Å²) in [5.41, 5.74) is 5.12. The third-order valence-corrected chi connectivity index (χ3v) is 5.55. The summed E-state index contributed by atoms with van der Waals surface area (Å²) >= 11 is 0. The number of hydrogen-bond acceptors (Lipinski definition) is 3. The van der Waals surface area contributed by atoms with Crippen LogP contribution in [0.3, 0.4) is 0 Å². The number of rotatable bonds is 7. The number of para-hydroxylation sites is 1. The number of guanidine groups is 1. The average Bonchev–Trinajstić information content (AvgIpc) is 3.20. The minimum Gasteiger partial charge on any atom is -0.379 e. The maximum Gasteiger partial charge on any atom is 0.191 e. The molecule has 0 bridgehead atoms. The van der Waals surface area contributed by atoms with Gasteiger partial charge >= 0.3 is 0 Å². The minimum absolute atomic E-state index is 0. The standard InChI is InChI=1S/C24H31N5O.HI/c1-25-24(26-10-9-21-17-27-23-8-3-2-7-22(21)23)28-16-19-5-4-6-20(15-19)18-29-11-13-30-14-12-29;/h2-8,15,17,27H,9-14,16,18H2,1H3,(H2,25,26,28);1H. The van der Waals surface area contributed by atoms with Gasteiger partial charge in [-0.15, -0.1) is 24.0 Å². The van der Waals surface area contributed by atoms with Crippen molar-refractivity contribution in [2.24, 2.45) is 4.99 Å². The van der Waals surface area contributed by atoms with E-state index in [4.69, 9.17) is 4.74 Å². The van der Waals surface area contributed by atoms with Crippen molar-refractivity contribution in [3.8, 4) is 0 Å². The summed E-state index contributed by atoms with van der Waals surface area (Å²) in [6, 6.07) is 17.2. The van der Waals surface area contributed by atoms with Gasteiger partial charge in [0.1, 0.15) is 0 Å². The molecule has 0 saturated carbocycles. The highest BCUT2D eigenvalue weighted by Gasteiger charge is 2.11. The van der Waals surface area contributed by atoms with E-state index in [1.807, 2.05) is 7.05 Å². The van der Waals surface area contributed by atoms with Gasteiger partial charge in [-0.25, -0.2) is 0 Å². The number of aliphatic imine (C=N–C) groups is 1. The third kappa shape index (κ3) is 6.69. The Labute approximate surface area is 201 Å². The number of ether oxygens (including phenoxy) is 1. The van der Waals surface area contributed by atoms with Crippen LogP contribution in [-0.2, 0) is 24.2 Å². The lowest BCUT2D eigenvalue weighted by Crippen LogP contribution is -2.38. The number of aromatic nitrogens is 1. The summed E-state index contributed by atoms with van der Waals surface area (Å²) in [4.78, 5) is 10.1. The molecular formula is C24H32IN5O. The second-order valence-corrected chi connectivity index (χ2v) is 7.67. The number of H-pyrrole nitrogens is 1. The molecule has 1 aliphatic heterocycles. The van der Waals surface area contributed by atoms with Crippen molar-refractivity contribution in [1.29, 1.82) is 0 Å². The molecule has 2 aromatic carbocycles. The van der Waals surface area contributed by atoms with Gasteiger partial charge in [0.2, 0.25) is 0 Å². The Morgan fingerprint density at radius 1 is 1.06 bits per heavy atom. The molecule has 0 unspecified atom stereocenters. The fraction of sp³-hybridized carbons (Fsp3) is 0.375. The third-order valence-electron chi connectivity index (χ3n) is 5.55. The zero-order valence-electron chi connectivity index (χ0n) is 18.1. The Balaban J connectivity index is 0.00000272. The lowest BCUT2D eigenvalue weighted by atomic mass is 10.1. The number of nitrogens with one attached hydrogen (secondary N) is 3. The zero-order valence-corrected chi connectivity index (χ0v) is 20.4. The maximum absolute atomic E-state index is 5.44. The summed E-state index contributed by atoms with van der Waals surface area (Å²) in [7, 11) is 1.82. The molecule has 0 aliphatic carbocycles. The summed E-state index contributed by atoms with van der Waals surface area (Å²) in [6.45, 7) is 6.26. The predicted octanol–water partition coefficient (Wildman–Crippen LogP) is 3.53. The molecule has 166 valence electrons. The Morgan fingerprint density at radius 3 is 2.71 bits per heavy atom. The molecule has 0 atom stereocenters. The van der Waals surface area contributed by atoms with Gasteiger partial charge in [-0.05, 0) is 29.2 Å². The van der Waals surface area contributed by atoms with E-state index >= 15 is 0 Å². The van der Waals surface area contributed by atoms with Crippen molar-refractivity contribution in [3.05, 3.63) is 71.4 Å². The highest BCUT2D eigenvalue weighted by molar-refractivity contribution is 14.0. The first-order chi connectivity index (χ1) is 14.8. The van der Waals surface area contributed by atoms with E-state index in [1.54, 1.807) is 0 Å². The van der Waals surface area contributed by atoms with Crippen molar-refractivity contribution in [3.63, 3.8) is 0 Å². The van der Waals surface area contributed by atoms with Crippen LogP contribution >= 0.6 is 24.0 Å². The molecule has 1 aliphatic rings. The lowest BCUT2D eigenvalue weighted by molar-refractivity contribution is 0.0342. The largest absolute Gasteiger partial charge is 0.379 e. The highest BCUT2D eigenvalue weighted by Crippen LogP contribution is 2.17. The summed E-state index contributed by atoms with van der Waals surface area (Å²) in [5, 5.41) is 8.15. The number of morpholine rings is 1. The summed E-state index contributed by atoms with van der Waals surface area (Å²) < 4.78 is 5.44. The van der Waals surface area contributed by atoms with E-state index in [-0.39, 0.29) is 24.0 Å². The Kier molecular flexibility index (Phi) is 9.17. The van der Waals surface area contributed by atoms with Crippen molar-refractivity contribution in [1.82, 2.24) is 20.5 Å². The van der Waals surface area contributed by atoms with Gasteiger partial charge in [-0.3, -0.25) is 9.89 Å². The van der Waals surface area contributed by atoms with Crippen LogP contribution in [0, 0.1) is 0 Å². The molecule has 0 amide bonds. The first kappa shape index (κ1) is 23.6. The van der Waals surface area contributed by atoms with E-state index in [0.717, 1.165) is 58.3 Å². The molecule has 4 rings (SSSR count). The topological polar surface area (TPSA) is 64.7 Å². The second kappa shape index (κ2) is 12.1. The lowest BCUT2D eigenvalue weighted by Gasteiger charge is -2.26. The van der Waals surface area contributed by atoms with Crippen LogP contribution in [0.4, 0.5) is 0 Å². The number of nitrogens with zero attached hydrogens (tertiary/aromatic N) is 2. The number of halogens is 1. The molecule has 1 aromatic heterocycles. The van der Waals surface area contributed by atoms with Crippen LogP contribution in [0.1, 0.15) is 16.7 Å². The number of benzene rings is 2. The maximum atomic E-state index is 5.44. The normalized spacial score (nSPS) is 14.9. The molecule has 1 fully saturated rings. The van der Waals surface area contributed by atoms with Gasteiger partial charge in [-0.1, -0.05) is 42.5 Å². The fourth-order valence-corrected chi connectivity index (χ4v) is 3.92. The van der Waals surface area contributed by atoms with Crippen LogP contribution in [0.2, 0.25) is 0 Å². The van der Waals surface area contributed by atoms with Gasteiger partial charge < -0.3 is 20.4 Å². The zero-order chi connectivity index (χ0) is 20.6. The van der Waals surface area contributed by atoms with Crippen LogP contribution in [0.5, 0.6) is 0 Å². The summed E-state index contributed by atoms with van der Waals surface area (Å²) in [5.74, 6) is 0.827. The Hall–Kier alpha value is -2.10. The summed E-state index contributed by atoms with van der Waals surface area (Å²) in [6.07, 6.45) is 3.04. The quantitative estimate of drug-likeness (QED) is 0.247. The van der Waals surface area contributed by atoms with Gasteiger partial charge in [0.05, 0.1) is 13.2 Å². The fourth-order valence-electron chi connectivity index (χ4n) is 3.92. The van der Waals surface area contributed by atoms with Crippen molar-refractivity contribution >= 4 is 40.8 Å². The molecular weight excluding hydrogens is 501 g/mol. The van der Waals surface area contributed by atoms with E-state index in [0.29, 0.717) is 0 Å². The number of fused-ring (bicyclic) bond motifs is 1. The molecule has 1 saturated heterocycles. The molecule has 0 spiro atoms. The monoisotopic (exact) mass is 533 g/mol. The van der Waals surface area contributed by atoms with E-state index in [1.165, 1.54) is 27.6 Å². The average molecular weight is 533 g/mol. The van der Waals surface area contributed by atoms with E-state index < -0.39 is 0 Å². The first-order valence-corrected chi connectivity index (χ1v) is 10.7. The van der Waals surface area contributed by atoms with Crippen molar-refractivity contribution < 1.29 is 4.74 Å². The minimum atomic E-state index is 0.